The van der Waals surface area contributed by atoms with E-state index >= 15 is 0 Å². The average molecular weight is 495 g/mol. The van der Waals surface area contributed by atoms with Gasteiger partial charge in [0.25, 0.3) is 0 Å². The molecule has 5 nitrogen and oxygen atoms in total. The van der Waals surface area contributed by atoms with Crippen LogP contribution in [0.2, 0.25) is 10.0 Å². The predicted octanol–water partition coefficient (Wildman–Crippen LogP) is 4.95. The molecule has 0 saturated heterocycles. The Bertz CT molecular complexity index is 1200. The van der Waals surface area contributed by atoms with Crippen molar-refractivity contribution >= 4 is 39.1 Å². The first-order valence-electron chi connectivity index (χ1n) is 9.67. The number of halogens is 3. The largest absolute Gasteiger partial charge is 0.351 e. The zero-order chi connectivity index (χ0) is 23.3. The molecular formula is C23H21Cl2FN2O3S. The maximum absolute atomic E-state index is 13.3. The van der Waals surface area contributed by atoms with Crippen LogP contribution in [-0.2, 0) is 27.9 Å². The van der Waals surface area contributed by atoms with Crippen molar-refractivity contribution in [2.45, 2.75) is 24.9 Å². The van der Waals surface area contributed by atoms with E-state index in [0.717, 1.165) is 9.87 Å². The summed E-state index contributed by atoms with van der Waals surface area (Å²) in [6, 6.07) is 16.8. The minimum absolute atomic E-state index is 0.0690. The van der Waals surface area contributed by atoms with Crippen molar-refractivity contribution in [1.82, 2.24) is 9.62 Å². The molecule has 0 bridgehead atoms. The molecule has 0 aliphatic rings. The molecule has 0 radical (unpaired) electrons. The lowest BCUT2D eigenvalue weighted by Crippen LogP contribution is -2.40. The summed E-state index contributed by atoms with van der Waals surface area (Å²) in [7, 11) is -4.00. The second-order valence-corrected chi connectivity index (χ2v) is 10.0. The summed E-state index contributed by atoms with van der Waals surface area (Å²) in [5.74, 6) is -0.884. The lowest BCUT2D eigenvalue weighted by Gasteiger charge is -2.22. The number of nitrogens with zero attached hydrogens (tertiary/aromatic N) is 1. The molecule has 3 rings (SSSR count). The Morgan fingerprint density at radius 1 is 1.00 bits per heavy atom. The summed E-state index contributed by atoms with van der Waals surface area (Å²) in [5, 5.41) is 3.39. The lowest BCUT2D eigenvalue weighted by molar-refractivity contribution is -0.121. The van der Waals surface area contributed by atoms with Crippen molar-refractivity contribution in [2.24, 2.45) is 0 Å². The molecule has 3 aromatic rings. The van der Waals surface area contributed by atoms with Gasteiger partial charge in [0.2, 0.25) is 15.9 Å². The molecule has 0 spiro atoms. The van der Waals surface area contributed by atoms with Gasteiger partial charge in [-0.25, -0.2) is 12.8 Å². The van der Waals surface area contributed by atoms with Gasteiger partial charge in [0.05, 0.1) is 11.4 Å². The Labute approximate surface area is 196 Å². The topological polar surface area (TPSA) is 66.5 Å². The van der Waals surface area contributed by atoms with Crippen LogP contribution in [-0.4, -0.2) is 25.2 Å². The Kier molecular flexibility index (Phi) is 7.90. The van der Waals surface area contributed by atoms with E-state index in [2.05, 4.69) is 5.32 Å². The number of amides is 1. The second kappa shape index (κ2) is 10.4. The zero-order valence-electron chi connectivity index (χ0n) is 17.2. The van der Waals surface area contributed by atoms with Gasteiger partial charge in [-0.15, -0.1) is 0 Å². The van der Waals surface area contributed by atoms with Gasteiger partial charge in [-0.05, 0) is 54.4 Å². The highest BCUT2D eigenvalue weighted by Gasteiger charge is 2.27. The number of benzene rings is 3. The summed E-state index contributed by atoms with van der Waals surface area (Å²) < 4.78 is 40.7. The molecule has 1 amide bonds. The molecule has 0 atom stereocenters. The third kappa shape index (κ3) is 6.29. The number of rotatable bonds is 8. The van der Waals surface area contributed by atoms with Crippen LogP contribution in [0.4, 0.5) is 4.39 Å². The van der Waals surface area contributed by atoms with Gasteiger partial charge in [0.15, 0.2) is 0 Å². The van der Waals surface area contributed by atoms with E-state index in [1.807, 2.05) is 6.92 Å². The summed E-state index contributed by atoms with van der Waals surface area (Å²) in [6.45, 7) is 1.45. The fraction of sp³-hybridized carbons (Fsp3) is 0.174. The Balaban J connectivity index is 1.82. The standard InChI is InChI=1S/C23H21Cl2FN2O3S/c1-16-2-10-21(11-3-16)32(30,31)28(14-18-6-7-19(24)12-22(18)25)15-23(29)27-13-17-4-8-20(26)9-5-17/h2-12H,13-15H2,1H3,(H,27,29). The van der Waals surface area contributed by atoms with Crippen molar-refractivity contribution in [1.29, 1.82) is 0 Å². The van der Waals surface area contributed by atoms with E-state index in [1.165, 1.54) is 30.3 Å². The van der Waals surface area contributed by atoms with E-state index in [-0.39, 0.29) is 23.8 Å². The van der Waals surface area contributed by atoms with E-state index in [0.29, 0.717) is 21.2 Å². The second-order valence-electron chi connectivity index (χ2n) is 7.23. The molecule has 1 N–H and O–H groups in total. The molecule has 0 aliphatic carbocycles. The van der Waals surface area contributed by atoms with E-state index in [1.54, 1.807) is 36.4 Å². The predicted molar refractivity (Wildman–Crippen MR) is 123 cm³/mol. The fourth-order valence-corrected chi connectivity index (χ4v) is 4.79. The fourth-order valence-electron chi connectivity index (χ4n) is 2.94. The number of carbonyl (C=O) groups is 1. The Hall–Kier alpha value is -2.45. The molecule has 9 heteroatoms. The smallest absolute Gasteiger partial charge is 0.243 e. The normalized spacial score (nSPS) is 11.5. The minimum Gasteiger partial charge on any atom is -0.351 e. The van der Waals surface area contributed by atoms with Crippen molar-refractivity contribution in [3.63, 3.8) is 0 Å². The van der Waals surface area contributed by atoms with Gasteiger partial charge in [0.1, 0.15) is 5.82 Å². The number of hydrogen-bond acceptors (Lipinski definition) is 3. The molecule has 0 saturated carbocycles. The summed E-state index contributed by atoms with van der Waals surface area (Å²) >= 11 is 12.2. The Morgan fingerprint density at radius 2 is 1.66 bits per heavy atom. The van der Waals surface area contributed by atoms with Gasteiger partial charge in [-0.2, -0.15) is 4.31 Å². The number of nitrogens with one attached hydrogen (secondary N) is 1. The van der Waals surface area contributed by atoms with Crippen LogP contribution < -0.4 is 5.32 Å². The molecule has 0 unspecified atom stereocenters. The molecule has 0 heterocycles. The van der Waals surface area contributed by atoms with Gasteiger partial charge < -0.3 is 5.32 Å². The first-order valence-corrected chi connectivity index (χ1v) is 11.9. The maximum Gasteiger partial charge on any atom is 0.243 e. The monoisotopic (exact) mass is 494 g/mol. The van der Waals surface area contributed by atoms with Crippen LogP contribution in [0.1, 0.15) is 16.7 Å². The quantitative estimate of drug-likeness (QED) is 0.481. The molecule has 0 aliphatic heterocycles. The lowest BCUT2D eigenvalue weighted by atomic mass is 10.2. The molecular weight excluding hydrogens is 474 g/mol. The van der Waals surface area contributed by atoms with E-state index < -0.39 is 22.5 Å². The van der Waals surface area contributed by atoms with Gasteiger partial charge in [0, 0.05) is 23.1 Å². The van der Waals surface area contributed by atoms with Gasteiger partial charge >= 0.3 is 0 Å². The average Bonchev–Trinajstić information content (AvgIpc) is 2.75. The van der Waals surface area contributed by atoms with Crippen molar-refractivity contribution < 1.29 is 17.6 Å². The molecule has 0 fully saturated rings. The number of aryl methyl sites for hydroxylation is 1. The minimum atomic E-state index is -4.00. The van der Waals surface area contributed by atoms with Crippen molar-refractivity contribution in [3.05, 3.63) is 99.3 Å². The first kappa shape index (κ1) is 24.2. The summed E-state index contributed by atoms with van der Waals surface area (Å²) in [5.41, 5.74) is 2.11. The highest BCUT2D eigenvalue weighted by Crippen LogP contribution is 2.25. The SMILES string of the molecule is Cc1ccc(S(=O)(=O)N(CC(=O)NCc2ccc(F)cc2)Cc2ccc(Cl)cc2Cl)cc1. The van der Waals surface area contributed by atoms with Gasteiger partial charge in [-0.3, -0.25) is 4.79 Å². The highest BCUT2D eigenvalue weighted by atomic mass is 35.5. The van der Waals surface area contributed by atoms with Gasteiger partial charge in [-0.1, -0.05) is 59.1 Å². The number of hydrogen-bond donors (Lipinski definition) is 1. The zero-order valence-corrected chi connectivity index (χ0v) is 19.5. The van der Waals surface area contributed by atoms with E-state index in [4.69, 9.17) is 23.2 Å². The van der Waals surface area contributed by atoms with E-state index in [9.17, 15) is 17.6 Å². The van der Waals surface area contributed by atoms with Crippen LogP contribution in [0.5, 0.6) is 0 Å². The van der Waals surface area contributed by atoms with Crippen LogP contribution in [0.3, 0.4) is 0 Å². The summed E-state index contributed by atoms with van der Waals surface area (Å²) in [4.78, 5) is 12.7. The molecule has 3 aromatic carbocycles. The molecule has 0 aromatic heterocycles. The maximum atomic E-state index is 13.3. The van der Waals surface area contributed by atoms with Crippen LogP contribution in [0.15, 0.2) is 71.6 Å². The summed E-state index contributed by atoms with van der Waals surface area (Å²) in [6.07, 6.45) is 0. The number of carbonyl (C=O) groups excluding carboxylic acids is 1. The first-order chi connectivity index (χ1) is 15.1. The number of sulfonamides is 1. The molecule has 32 heavy (non-hydrogen) atoms. The third-order valence-electron chi connectivity index (χ3n) is 4.74. The van der Waals surface area contributed by atoms with Crippen LogP contribution in [0, 0.1) is 12.7 Å². The highest BCUT2D eigenvalue weighted by molar-refractivity contribution is 7.89. The Morgan fingerprint density at radius 3 is 2.28 bits per heavy atom. The van der Waals surface area contributed by atoms with Crippen LogP contribution >= 0.6 is 23.2 Å². The third-order valence-corrected chi connectivity index (χ3v) is 7.14. The molecule has 168 valence electrons. The van der Waals surface area contributed by atoms with Crippen molar-refractivity contribution in [2.75, 3.05) is 6.54 Å². The van der Waals surface area contributed by atoms with Crippen LogP contribution in [0.25, 0.3) is 0 Å². The van der Waals surface area contributed by atoms with Crippen molar-refractivity contribution in [3.8, 4) is 0 Å².